The molecule has 1 amide bonds. The molecule has 3 aromatic rings. The van der Waals surface area contributed by atoms with Crippen molar-refractivity contribution in [3.8, 4) is 11.3 Å². The number of anilines is 1. The van der Waals surface area contributed by atoms with Crippen molar-refractivity contribution < 1.29 is 18.4 Å². The van der Waals surface area contributed by atoms with Crippen molar-refractivity contribution in [3.63, 3.8) is 0 Å². The zero-order chi connectivity index (χ0) is 30.8. The molecule has 3 heterocycles. The first-order valence-electron chi connectivity index (χ1n) is 13.7. The Morgan fingerprint density at radius 2 is 1.60 bits per heavy atom. The summed E-state index contributed by atoms with van der Waals surface area (Å²) in [4.78, 5) is 43.4. The normalized spacial score (nSPS) is 13.9. The molecule has 0 atom stereocenters. The predicted octanol–water partition coefficient (Wildman–Crippen LogP) is 5.33. The van der Waals surface area contributed by atoms with Crippen LogP contribution in [0.15, 0.2) is 54.3 Å². The van der Waals surface area contributed by atoms with Crippen LogP contribution in [-0.2, 0) is 9.59 Å². The summed E-state index contributed by atoms with van der Waals surface area (Å²) in [5.41, 5.74) is 2.29. The number of carbonyl (C=O) groups excluding carboxylic acids is 2. The fourth-order valence-electron chi connectivity index (χ4n) is 4.46. The lowest BCUT2D eigenvalue weighted by Gasteiger charge is -2.35. The minimum atomic E-state index is -0.721. The van der Waals surface area contributed by atoms with E-state index in [1.807, 2.05) is 34.7 Å². The van der Waals surface area contributed by atoms with Gasteiger partial charge >= 0.3 is 0 Å². The average molecular weight is 578 g/mol. The number of aromatic nitrogens is 3. The molecular weight excluding hydrogens is 540 g/mol. The van der Waals surface area contributed by atoms with Crippen molar-refractivity contribution in [3.05, 3.63) is 77.9 Å². The average Bonchev–Trinajstić information content (AvgIpc) is 2.97. The number of benzene rings is 1. The lowest BCUT2D eigenvalue weighted by molar-refractivity contribution is -0.105. The van der Waals surface area contributed by atoms with Gasteiger partial charge in [0, 0.05) is 31.7 Å². The van der Waals surface area contributed by atoms with E-state index in [4.69, 9.17) is 9.79 Å². The minimum Gasteiger partial charge on any atom is -0.353 e. The number of hydrogen-bond acceptors (Lipinski definition) is 7. The first kappa shape index (κ1) is 32.1. The summed E-state index contributed by atoms with van der Waals surface area (Å²) in [5, 5.41) is 2.59. The standard InChI is InChI=1S/C28H33F2N7O.C3H4O/c1-17(2)23-26(24(18(3)4)32-15-31-23)35-28(37-12-10-36(5)11-13-37)20-14-22(30)25(34-27(20)33-16-38)19-8-6-7-9-21(19)29;1-2-3-4/h6-9,14-18H,10-13H2,1-5H3,(H,33,34,38);2-3H,1H2. The quantitative estimate of drug-likeness (QED) is 0.167. The molecule has 11 heteroatoms. The van der Waals surface area contributed by atoms with Gasteiger partial charge in [-0.15, -0.1) is 0 Å². The molecule has 0 radical (unpaired) electrons. The number of nitrogens with one attached hydrogen (secondary N) is 1. The number of allylic oxidation sites excluding steroid dienone is 1. The largest absolute Gasteiger partial charge is 0.353 e. The van der Waals surface area contributed by atoms with Crippen LogP contribution >= 0.6 is 0 Å². The maximum Gasteiger partial charge on any atom is 0.212 e. The highest BCUT2D eigenvalue weighted by Gasteiger charge is 2.27. The van der Waals surface area contributed by atoms with Crippen molar-refractivity contribution in [2.24, 2.45) is 4.99 Å². The molecule has 0 aliphatic carbocycles. The number of amides is 1. The summed E-state index contributed by atoms with van der Waals surface area (Å²) in [6, 6.07) is 7.09. The first-order valence-corrected chi connectivity index (χ1v) is 13.7. The van der Waals surface area contributed by atoms with Gasteiger partial charge in [0.05, 0.1) is 17.0 Å². The molecule has 4 rings (SSSR count). The van der Waals surface area contributed by atoms with E-state index in [-0.39, 0.29) is 28.9 Å². The number of amidine groups is 1. The van der Waals surface area contributed by atoms with Crippen molar-refractivity contribution in [1.29, 1.82) is 0 Å². The fraction of sp³-hybridized carbons (Fsp3) is 0.355. The van der Waals surface area contributed by atoms with Crippen LogP contribution in [-0.4, -0.2) is 76.5 Å². The molecule has 1 N–H and O–H groups in total. The Bertz CT molecular complexity index is 1400. The zero-order valence-corrected chi connectivity index (χ0v) is 24.6. The van der Waals surface area contributed by atoms with Gasteiger partial charge in [-0.1, -0.05) is 46.4 Å². The van der Waals surface area contributed by atoms with E-state index >= 15 is 4.39 Å². The number of carbonyl (C=O) groups is 2. The van der Waals surface area contributed by atoms with E-state index < -0.39 is 11.6 Å². The summed E-state index contributed by atoms with van der Waals surface area (Å²) in [7, 11) is 2.04. The minimum absolute atomic E-state index is 0.00392. The van der Waals surface area contributed by atoms with Crippen molar-refractivity contribution in [2.45, 2.75) is 39.5 Å². The van der Waals surface area contributed by atoms with Crippen LogP contribution in [0, 0.1) is 11.6 Å². The third-order valence-electron chi connectivity index (χ3n) is 6.63. The number of nitrogens with zero attached hydrogens (tertiary/aromatic N) is 6. The van der Waals surface area contributed by atoms with Gasteiger partial charge in [-0.25, -0.2) is 28.7 Å². The van der Waals surface area contributed by atoms with Crippen LogP contribution in [0.4, 0.5) is 20.3 Å². The van der Waals surface area contributed by atoms with E-state index in [1.54, 1.807) is 12.4 Å². The summed E-state index contributed by atoms with van der Waals surface area (Å²) in [5.74, 6) is -0.663. The van der Waals surface area contributed by atoms with Gasteiger partial charge in [0.15, 0.2) is 0 Å². The van der Waals surface area contributed by atoms with E-state index in [0.717, 1.165) is 24.5 Å². The molecular formula is C31H37F2N7O2. The number of likely N-dealkylation sites (N-methyl/N-ethyl adjacent to an activating group) is 1. The Labute approximate surface area is 245 Å². The Kier molecular flexibility index (Phi) is 11.5. The number of piperazine rings is 1. The predicted molar refractivity (Wildman–Crippen MR) is 161 cm³/mol. The molecule has 0 unspecified atom stereocenters. The number of hydrogen-bond donors (Lipinski definition) is 1. The fourth-order valence-corrected chi connectivity index (χ4v) is 4.46. The Balaban J connectivity index is 0.00000114. The number of aldehydes is 1. The molecule has 1 fully saturated rings. The zero-order valence-electron chi connectivity index (χ0n) is 24.6. The lowest BCUT2D eigenvalue weighted by Crippen LogP contribution is -2.47. The molecule has 1 saturated heterocycles. The second kappa shape index (κ2) is 15.0. The van der Waals surface area contributed by atoms with E-state index in [9.17, 15) is 9.18 Å². The molecule has 0 bridgehead atoms. The molecule has 0 spiro atoms. The molecule has 222 valence electrons. The SMILES string of the molecule is C=CC=O.CC(C)c1ncnc(C(C)C)c1N=C(c1cc(F)c(-c2ccccc2F)nc1NC=O)N1CCN(C)CC1. The summed E-state index contributed by atoms with van der Waals surface area (Å²) >= 11 is 0. The Hall–Kier alpha value is -4.38. The second-order valence-corrected chi connectivity index (χ2v) is 10.4. The van der Waals surface area contributed by atoms with Crippen LogP contribution in [0.1, 0.15) is 56.5 Å². The molecule has 42 heavy (non-hydrogen) atoms. The van der Waals surface area contributed by atoms with Gasteiger partial charge in [-0.05, 0) is 43.2 Å². The second-order valence-electron chi connectivity index (χ2n) is 10.4. The third kappa shape index (κ3) is 7.67. The van der Waals surface area contributed by atoms with Gasteiger partial charge in [0.1, 0.15) is 47.3 Å². The third-order valence-corrected chi connectivity index (χ3v) is 6.63. The first-order chi connectivity index (χ1) is 20.1. The number of aliphatic imine (C=N–C) groups is 1. The van der Waals surface area contributed by atoms with Gasteiger partial charge < -0.3 is 15.1 Å². The van der Waals surface area contributed by atoms with Crippen molar-refractivity contribution in [2.75, 3.05) is 38.5 Å². The molecule has 0 saturated carbocycles. The van der Waals surface area contributed by atoms with E-state index in [2.05, 4.69) is 36.6 Å². The van der Waals surface area contributed by atoms with Crippen molar-refractivity contribution in [1.82, 2.24) is 24.8 Å². The van der Waals surface area contributed by atoms with Crippen molar-refractivity contribution >= 4 is 30.0 Å². The van der Waals surface area contributed by atoms with E-state index in [0.29, 0.717) is 42.9 Å². The van der Waals surface area contributed by atoms with Crippen LogP contribution in [0.5, 0.6) is 0 Å². The van der Waals surface area contributed by atoms with Crippen LogP contribution in [0.25, 0.3) is 11.3 Å². The lowest BCUT2D eigenvalue weighted by atomic mass is 10.0. The van der Waals surface area contributed by atoms with Gasteiger partial charge in [-0.3, -0.25) is 9.59 Å². The molecule has 2 aromatic heterocycles. The number of rotatable bonds is 8. The van der Waals surface area contributed by atoms with Crippen LogP contribution in [0.3, 0.4) is 0 Å². The van der Waals surface area contributed by atoms with Gasteiger partial charge in [0.25, 0.3) is 0 Å². The topological polar surface area (TPSA) is 104 Å². The maximum absolute atomic E-state index is 15.6. The monoisotopic (exact) mass is 577 g/mol. The summed E-state index contributed by atoms with van der Waals surface area (Å²) in [6.07, 6.45) is 3.85. The Morgan fingerprint density at radius 1 is 1.00 bits per heavy atom. The van der Waals surface area contributed by atoms with Gasteiger partial charge in [-0.2, -0.15) is 0 Å². The molecule has 1 aromatic carbocycles. The van der Waals surface area contributed by atoms with Gasteiger partial charge in [0.2, 0.25) is 6.41 Å². The van der Waals surface area contributed by atoms with Crippen LogP contribution < -0.4 is 5.32 Å². The smallest absolute Gasteiger partial charge is 0.212 e. The highest BCUT2D eigenvalue weighted by Crippen LogP contribution is 2.34. The Morgan fingerprint density at radius 3 is 2.12 bits per heavy atom. The highest BCUT2D eigenvalue weighted by atomic mass is 19.1. The van der Waals surface area contributed by atoms with Crippen LogP contribution in [0.2, 0.25) is 0 Å². The summed E-state index contributed by atoms with van der Waals surface area (Å²) < 4.78 is 30.2. The molecule has 9 nitrogen and oxygen atoms in total. The molecule has 1 aliphatic rings. The van der Waals surface area contributed by atoms with E-state index in [1.165, 1.54) is 30.3 Å². The number of pyridine rings is 1. The summed E-state index contributed by atoms with van der Waals surface area (Å²) in [6.45, 7) is 14.1. The number of halogens is 2. The molecule has 1 aliphatic heterocycles. The maximum atomic E-state index is 15.6. The highest BCUT2D eigenvalue weighted by molar-refractivity contribution is 6.06.